The van der Waals surface area contributed by atoms with Crippen LogP contribution in [0.1, 0.15) is 10.4 Å². The summed E-state index contributed by atoms with van der Waals surface area (Å²) in [5.74, 6) is -0.233. The Morgan fingerprint density at radius 3 is 2.19 bits per heavy atom. The number of hydrogen-bond acceptors (Lipinski definition) is 3. The summed E-state index contributed by atoms with van der Waals surface area (Å²) in [7, 11) is 0. The molecule has 0 saturated carbocycles. The Balaban J connectivity index is 1.67. The van der Waals surface area contributed by atoms with E-state index in [-0.39, 0.29) is 24.6 Å². The normalized spacial score (nSPS) is 10.5. The van der Waals surface area contributed by atoms with E-state index in [9.17, 15) is 9.59 Å². The fraction of sp³-hybridized carbons (Fsp3) is 0.105. The zero-order valence-electron chi connectivity index (χ0n) is 13.7. The van der Waals surface area contributed by atoms with Crippen molar-refractivity contribution in [3.63, 3.8) is 0 Å². The van der Waals surface area contributed by atoms with Crippen LogP contribution in [0.15, 0.2) is 65.5 Å². The highest BCUT2D eigenvalue weighted by atomic mass is 35.5. The van der Waals surface area contributed by atoms with Crippen LogP contribution in [-0.2, 0) is 6.54 Å². The average Bonchev–Trinajstić information content (AvgIpc) is 2.64. The molecule has 26 heavy (non-hydrogen) atoms. The van der Waals surface area contributed by atoms with E-state index in [2.05, 4.69) is 10.4 Å². The second-order valence-corrected chi connectivity index (χ2v) is 6.42. The molecule has 0 bridgehead atoms. The Morgan fingerprint density at radius 1 is 0.923 bits per heavy atom. The minimum absolute atomic E-state index is 0.233. The van der Waals surface area contributed by atoms with Gasteiger partial charge in [0, 0.05) is 33.8 Å². The van der Waals surface area contributed by atoms with Crippen molar-refractivity contribution in [2.45, 2.75) is 6.54 Å². The lowest BCUT2D eigenvalue weighted by molar-refractivity contribution is 0.0952. The second kappa shape index (κ2) is 8.17. The number of rotatable bonds is 5. The van der Waals surface area contributed by atoms with E-state index in [1.54, 1.807) is 42.5 Å². The zero-order valence-corrected chi connectivity index (χ0v) is 15.2. The first kappa shape index (κ1) is 18.2. The third-order valence-corrected chi connectivity index (χ3v) is 4.23. The summed E-state index contributed by atoms with van der Waals surface area (Å²) < 4.78 is 1.33. The average molecular weight is 388 g/mol. The fourth-order valence-corrected chi connectivity index (χ4v) is 2.61. The van der Waals surface area contributed by atoms with Crippen molar-refractivity contribution in [3.8, 4) is 11.3 Å². The summed E-state index contributed by atoms with van der Waals surface area (Å²) >= 11 is 11.7. The Hall–Kier alpha value is -2.63. The molecule has 2 aromatic carbocycles. The molecule has 0 radical (unpaired) electrons. The number of aromatic nitrogens is 2. The predicted molar refractivity (Wildman–Crippen MR) is 103 cm³/mol. The molecule has 0 saturated heterocycles. The van der Waals surface area contributed by atoms with Crippen LogP contribution in [-0.4, -0.2) is 22.2 Å². The van der Waals surface area contributed by atoms with Crippen molar-refractivity contribution in [1.29, 1.82) is 0 Å². The summed E-state index contributed by atoms with van der Waals surface area (Å²) in [5.41, 5.74) is 1.78. The van der Waals surface area contributed by atoms with E-state index in [1.165, 1.54) is 10.7 Å². The molecule has 0 unspecified atom stereocenters. The van der Waals surface area contributed by atoms with Gasteiger partial charge < -0.3 is 5.32 Å². The molecular formula is C19H15Cl2N3O2. The van der Waals surface area contributed by atoms with Gasteiger partial charge in [0.15, 0.2) is 0 Å². The molecule has 5 nitrogen and oxygen atoms in total. The maximum Gasteiger partial charge on any atom is 0.266 e. The number of amides is 1. The van der Waals surface area contributed by atoms with Crippen LogP contribution in [0.3, 0.4) is 0 Å². The highest BCUT2D eigenvalue weighted by Crippen LogP contribution is 2.18. The first-order valence-electron chi connectivity index (χ1n) is 7.91. The molecule has 1 aromatic heterocycles. The monoisotopic (exact) mass is 387 g/mol. The zero-order chi connectivity index (χ0) is 18.5. The molecule has 0 aliphatic carbocycles. The maximum atomic E-state index is 12.1. The molecule has 0 spiro atoms. The first-order valence-corrected chi connectivity index (χ1v) is 8.66. The molecular weight excluding hydrogens is 373 g/mol. The van der Waals surface area contributed by atoms with Gasteiger partial charge in [0.05, 0.1) is 12.2 Å². The highest BCUT2D eigenvalue weighted by Gasteiger charge is 2.07. The molecule has 1 heterocycles. The smallest absolute Gasteiger partial charge is 0.266 e. The van der Waals surface area contributed by atoms with Crippen molar-refractivity contribution in [3.05, 3.63) is 86.6 Å². The lowest BCUT2D eigenvalue weighted by Gasteiger charge is -2.09. The summed E-state index contributed by atoms with van der Waals surface area (Å²) in [6.07, 6.45) is 0. The van der Waals surface area contributed by atoms with Crippen molar-refractivity contribution in [1.82, 2.24) is 15.1 Å². The molecule has 132 valence electrons. The quantitative estimate of drug-likeness (QED) is 0.726. The van der Waals surface area contributed by atoms with Crippen molar-refractivity contribution >= 4 is 29.1 Å². The topological polar surface area (TPSA) is 64.0 Å². The van der Waals surface area contributed by atoms with Crippen LogP contribution in [0.4, 0.5) is 0 Å². The van der Waals surface area contributed by atoms with Gasteiger partial charge in [0.2, 0.25) is 0 Å². The molecule has 0 fully saturated rings. The van der Waals surface area contributed by atoms with Crippen molar-refractivity contribution in [2.75, 3.05) is 6.54 Å². The number of benzene rings is 2. The van der Waals surface area contributed by atoms with Crippen LogP contribution in [0.5, 0.6) is 0 Å². The van der Waals surface area contributed by atoms with E-state index >= 15 is 0 Å². The molecule has 3 aromatic rings. The number of nitrogens with one attached hydrogen (secondary N) is 1. The van der Waals surface area contributed by atoms with Gasteiger partial charge in [-0.25, -0.2) is 4.68 Å². The number of halogens is 2. The number of nitrogens with zero attached hydrogens (tertiary/aromatic N) is 2. The standard InChI is InChI=1S/C19H15Cl2N3O2/c20-15-5-1-13(2-6-15)17-9-10-18(25)24(23-17)12-11-22-19(26)14-3-7-16(21)8-4-14/h1-10H,11-12H2,(H,22,26). The largest absolute Gasteiger partial charge is 0.350 e. The number of carbonyl (C=O) groups is 1. The van der Waals surface area contributed by atoms with E-state index < -0.39 is 0 Å². The first-order chi connectivity index (χ1) is 12.5. The molecule has 7 heteroatoms. The van der Waals surface area contributed by atoms with E-state index in [0.717, 1.165) is 5.56 Å². The molecule has 0 atom stereocenters. The van der Waals surface area contributed by atoms with Crippen LogP contribution >= 0.6 is 23.2 Å². The number of carbonyl (C=O) groups excluding carboxylic acids is 1. The van der Waals surface area contributed by atoms with Crippen LogP contribution < -0.4 is 10.9 Å². The van der Waals surface area contributed by atoms with Crippen LogP contribution in [0.2, 0.25) is 10.0 Å². The molecule has 3 rings (SSSR count). The minimum atomic E-state index is -0.233. The van der Waals surface area contributed by atoms with Gasteiger partial charge in [-0.2, -0.15) is 5.10 Å². The van der Waals surface area contributed by atoms with Crippen molar-refractivity contribution < 1.29 is 4.79 Å². The van der Waals surface area contributed by atoms with Gasteiger partial charge in [0.25, 0.3) is 11.5 Å². The second-order valence-electron chi connectivity index (χ2n) is 5.55. The van der Waals surface area contributed by atoms with Gasteiger partial charge in [-0.1, -0.05) is 35.3 Å². The van der Waals surface area contributed by atoms with Gasteiger partial charge in [0.1, 0.15) is 0 Å². The lowest BCUT2D eigenvalue weighted by atomic mass is 10.1. The molecule has 0 aliphatic rings. The van der Waals surface area contributed by atoms with Gasteiger partial charge in [-0.3, -0.25) is 9.59 Å². The third kappa shape index (κ3) is 4.50. The van der Waals surface area contributed by atoms with Crippen LogP contribution in [0, 0.1) is 0 Å². The summed E-state index contributed by atoms with van der Waals surface area (Å²) in [6, 6.07) is 16.9. The Bertz CT molecular complexity index is 967. The summed E-state index contributed by atoms with van der Waals surface area (Å²) in [4.78, 5) is 24.1. The predicted octanol–water partition coefficient (Wildman–Crippen LogP) is 3.65. The summed E-state index contributed by atoms with van der Waals surface area (Å²) in [6.45, 7) is 0.540. The maximum absolute atomic E-state index is 12.1. The fourth-order valence-electron chi connectivity index (χ4n) is 2.36. The van der Waals surface area contributed by atoms with Crippen molar-refractivity contribution in [2.24, 2.45) is 0 Å². The Morgan fingerprint density at radius 2 is 1.54 bits per heavy atom. The van der Waals surface area contributed by atoms with Gasteiger partial charge >= 0.3 is 0 Å². The SMILES string of the molecule is O=C(NCCn1nc(-c2ccc(Cl)cc2)ccc1=O)c1ccc(Cl)cc1. The number of hydrogen-bond donors (Lipinski definition) is 1. The lowest BCUT2D eigenvalue weighted by Crippen LogP contribution is -2.31. The van der Waals surface area contributed by atoms with E-state index in [1.807, 2.05) is 12.1 Å². The highest BCUT2D eigenvalue weighted by molar-refractivity contribution is 6.30. The molecule has 0 aliphatic heterocycles. The summed E-state index contributed by atoms with van der Waals surface area (Å²) in [5, 5.41) is 8.30. The van der Waals surface area contributed by atoms with E-state index in [4.69, 9.17) is 23.2 Å². The third-order valence-electron chi connectivity index (χ3n) is 3.72. The Labute approximate surface area is 160 Å². The Kier molecular flexibility index (Phi) is 5.71. The van der Waals surface area contributed by atoms with Crippen LogP contribution in [0.25, 0.3) is 11.3 Å². The van der Waals surface area contributed by atoms with Gasteiger partial charge in [-0.15, -0.1) is 0 Å². The molecule has 1 N–H and O–H groups in total. The minimum Gasteiger partial charge on any atom is -0.350 e. The van der Waals surface area contributed by atoms with E-state index in [0.29, 0.717) is 21.3 Å². The molecule has 1 amide bonds. The van der Waals surface area contributed by atoms with Gasteiger partial charge in [-0.05, 0) is 42.5 Å².